The number of alkyl halides is 2. The van der Waals surface area contributed by atoms with E-state index >= 15 is 0 Å². The van der Waals surface area contributed by atoms with Gasteiger partial charge in [0, 0.05) is 25.3 Å². The number of sulfonamides is 1. The predicted octanol–water partition coefficient (Wildman–Crippen LogP) is 0.896. The Morgan fingerprint density at radius 2 is 2.24 bits per heavy atom. The number of piperidine rings is 1. The van der Waals surface area contributed by atoms with Gasteiger partial charge in [-0.25, -0.2) is 17.2 Å². The minimum atomic E-state index is -3.69. The number of hydrogen-bond donors (Lipinski definition) is 1. The Balaban J connectivity index is 2.15. The van der Waals surface area contributed by atoms with Gasteiger partial charge in [-0.3, -0.25) is 4.68 Å². The van der Waals surface area contributed by atoms with Crippen LogP contribution in [0.1, 0.15) is 19.8 Å². The van der Waals surface area contributed by atoms with Crippen LogP contribution < -0.4 is 5.73 Å². The first kappa shape index (κ1) is 16.3. The molecule has 9 heteroatoms. The van der Waals surface area contributed by atoms with Gasteiger partial charge in [0.05, 0.1) is 6.20 Å². The molecule has 21 heavy (non-hydrogen) atoms. The van der Waals surface area contributed by atoms with Crippen LogP contribution in [0.5, 0.6) is 0 Å². The van der Waals surface area contributed by atoms with Crippen molar-refractivity contribution in [2.24, 2.45) is 11.7 Å². The Hall–Kier alpha value is -1.06. The summed E-state index contributed by atoms with van der Waals surface area (Å²) in [4.78, 5) is -0.0477. The van der Waals surface area contributed by atoms with Gasteiger partial charge >= 0.3 is 0 Å². The van der Waals surface area contributed by atoms with E-state index < -0.39 is 23.0 Å². The lowest BCUT2D eigenvalue weighted by molar-refractivity contribution is 0.121. The van der Waals surface area contributed by atoms with E-state index in [0.29, 0.717) is 13.1 Å². The van der Waals surface area contributed by atoms with Crippen molar-refractivity contribution >= 4 is 10.0 Å². The number of nitrogens with two attached hydrogens (primary N) is 1. The summed E-state index contributed by atoms with van der Waals surface area (Å²) >= 11 is 0. The van der Waals surface area contributed by atoms with Crippen LogP contribution in [0.4, 0.5) is 8.78 Å². The van der Waals surface area contributed by atoms with Crippen LogP contribution in [0.25, 0.3) is 0 Å². The van der Waals surface area contributed by atoms with Gasteiger partial charge in [0.15, 0.2) is 0 Å². The molecule has 0 amide bonds. The molecule has 2 rings (SSSR count). The maximum atomic E-state index is 12.5. The van der Waals surface area contributed by atoms with E-state index in [-0.39, 0.29) is 16.9 Å². The van der Waals surface area contributed by atoms with Crippen LogP contribution >= 0.6 is 0 Å². The third-order valence-electron chi connectivity index (χ3n) is 3.74. The SMILES string of the molecule is CC(N)C1CCCN(S(=O)(=O)c2cnn(CC(F)F)c2)C1. The third kappa shape index (κ3) is 3.78. The van der Waals surface area contributed by atoms with Crippen molar-refractivity contribution in [3.8, 4) is 0 Å². The summed E-state index contributed by atoms with van der Waals surface area (Å²) in [7, 11) is -3.69. The van der Waals surface area contributed by atoms with Crippen LogP contribution in [0.15, 0.2) is 17.3 Å². The molecule has 0 saturated carbocycles. The molecule has 1 aliphatic heterocycles. The molecule has 2 heterocycles. The molecular weight excluding hydrogens is 302 g/mol. The molecule has 1 saturated heterocycles. The second kappa shape index (κ2) is 6.37. The van der Waals surface area contributed by atoms with Crippen molar-refractivity contribution in [3.63, 3.8) is 0 Å². The van der Waals surface area contributed by atoms with Crippen molar-refractivity contribution in [3.05, 3.63) is 12.4 Å². The van der Waals surface area contributed by atoms with Gasteiger partial charge < -0.3 is 5.73 Å². The van der Waals surface area contributed by atoms with Gasteiger partial charge in [-0.05, 0) is 25.7 Å². The molecule has 0 radical (unpaired) electrons. The molecule has 6 nitrogen and oxygen atoms in total. The normalized spacial score (nSPS) is 22.6. The van der Waals surface area contributed by atoms with Crippen LogP contribution in [0, 0.1) is 5.92 Å². The first-order valence-corrected chi connectivity index (χ1v) is 8.31. The first-order valence-electron chi connectivity index (χ1n) is 6.87. The predicted molar refractivity (Wildman–Crippen MR) is 73.4 cm³/mol. The van der Waals surface area contributed by atoms with Crippen LogP contribution in [-0.2, 0) is 16.6 Å². The van der Waals surface area contributed by atoms with Gasteiger partial charge in [0.25, 0.3) is 6.43 Å². The van der Waals surface area contributed by atoms with E-state index in [9.17, 15) is 17.2 Å². The van der Waals surface area contributed by atoms with Crippen LogP contribution in [0.3, 0.4) is 0 Å². The lowest BCUT2D eigenvalue weighted by Crippen LogP contribution is -2.44. The Morgan fingerprint density at radius 3 is 2.86 bits per heavy atom. The molecule has 120 valence electrons. The summed E-state index contributed by atoms with van der Waals surface area (Å²) in [6.07, 6.45) is 1.34. The van der Waals surface area contributed by atoms with Crippen molar-refractivity contribution < 1.29 is 17.2 Å². The fraction of sp³-hybridized carbons (Fsp3) is 0.750. The molecule has 1 aliphatic rings. The zero-order valence-electron chi connectivity index (χ0n) is 11.8. The number of rotatable bonds is 5. The zero-order valence-corrected chi connectivity index (χ0v) is 12.6. The molecule has 0 spiro atoms. The molecule has 1 fully saturated rings. The summed E-state index contributed by atoms with van der Waals surface area (Å²) in [6.45, 7) is 2.03. The Labute approximate surface area is 123 Å². The molecule has 0 aliphatic carbocycles. The summed E-state index contributed by atoms with van der Waals surface area (Å²) in [6, 6.07) is -0.0791. The van der Waals surface area contributed by atoms with E-state index in [1.54, 1.807) is 0 Å². The van der Waals surface area contributed by atoms with Crippen molar-refractivity contribution in [2.75, 3.05) is 13.1 Å². The summed E-state index contributed by atoms with van der Waals surface area (Å²) in [5, 5.41) is 3.68. The van der Waals surface area contributed by atoms with Crippen molar-refractivity contribution in [1.29, 1.82) is 0 Å². The first-order chi connectivity index (χ1) is 9.80. The minimum Gasteiger partial charge on any atom is -0.328 e. The fourth-order valence-electron chi connectivity index (χ4n) is 2.49. The number of halogens is 2. The molecule has 2 N–H and O–H groups in total. The van der Waals surface area contributed by atoms with Gasteiger partial charge in [0.1, 0.15) is 11.4 Å². The molecule has 2 atom stereocenters. The van der Waals surface area contributed by atoms with Gasteiger partial charge in [-0.2, -0.15) is 9.40 Å². The fourth-order valence-corrected chi connectivity index (χ4v) is 3.98. The van der Waals surface area contributed by atoms with E-state index in [4.69, 9.17) is 5.73 Å². The average Bonchev–Trinajstić information content (AvgIpc) is 2.87. The minimum absolute atomic E-state index is 0.0477. The zero-order chi connectivity index (χ0) is 15.6. The van der Waals surface area contributed by atoms with E-state index in [1.165, 1.54) is 4.31 Å². The maximum absolute atomic E-state index is 12.5. The van der Waals surface area contributed by atoms with E-state index in [2.05, 4.69) is 5.10 Å². The van der Waals surface area contributed by atoms with Crippen molar-refractivity contribution in [1.82, 2.24) is 14.1 Å². The number of hydrogen-bond acceptors (Lipinski definition) is 4. The highest BCUT2D eigenvalue weighted by molar-refractivity contribution is 7.89. The lowest BCUT2D eigenvalue weighted by Gasteiger charge is -2.33. The second-order valence-electron chi connectivity index (χ2n) is 5.41. The average molecular weight is 322 g/mol. The topological polar surface area (TPSA) is 81.2 Å². The molecule has 0 bridgehead atoms. The summed E-state index contributed by atoms with van der Waals surface area (Å²) in [5.74, 6) is 0.115. The van der Waals surface area contributed by atoms with Crippen molar-refractivity contribution in [2.45, 2.75) is 43.7 Å². The van der Waals surface area contributed by atoms with Crippen LogP contribution in [0.2, 0.25) is 0 Å². The van der Waals surface area contributed by atoms with E-state index in [1.807, 2.05) is 6.92 Å². The summed E-state index contributed by atoms with van der Waals surface area (Å²) < 4.78 is 51.9. The monoisotopic (exact) mass is 322 g/mol. The molecule has 0 aromatic carbocycles. The third-order valence-corrected chi connectivity index (χ3v) is 5.55. The van der Waals surface area contributed by atoms with Gasteiger partial charge in [-0.1, -0.05) is 0 Å². The second-order valence-corrected chi connectivity index (χ2v) is 7.35. The molecular formula is C12H20F2N4O2S. The van der Waals surface area contributed by atoms with E-state index in [0.717, 1.165) is 29.9 Å². The quantitative estimate of drug-likeness (QED) is 0.873. The molecule has 1 aromatic heterocycles. The largest absolute Gasteiger partial charge is 0.328 e. The maximum Gasteiger partial charge on any atom is 0.257 e. The number of nitrogens with zero attached hydrogens (tertiary/aromatic N) is 3. The van der Waals surface area contributed by atoms with Crippen LogP contribution in [-0.4, -0.2) is 48.1 Å². The van der Waals surface area contributed by atoms with Gasteiger partial charge in [0.2, 0.25) is 10.0 Å². The smallest absolute Gasteiger partial charge is 0.257 e. The highest BCUT2D eigenvalue weighted by Crippen LogP contribution is 2.24. The molecule has 1 aromatic rings. The number of aromatic nitrogens is 2. The standard InChI is InChI=1S/C12H20F2N4O2S/c1-9(15)10-3-2-4-18(6-10)21(19,20)11-5-16-17(7-11)8-12(13)14/h5,7,9-10,12H,2-4,6,8,15H2,1H3. The van der Waals surface area contributed by atoms with Gasteiger partial charge in [-0.15, -0.1) is 0 Å². The Morgan fingerprint density at radius 1 is 1.52 bits per heavy atom. The Bertz CT molecular complexity index is 574. The highest BCUT2D eigenvalue weighted by atomic mass is 32.2. The Kier molecular flexibility index (Phi) is 4.95. The highest BCUT2D eigenvalue weighted by Gasteiger charge is 2.32. The lowest BCUT2D eigenvalue weighted by atomic mass is 9.93. The summed E-state index contributed by atoms with van der Waals surface area (Å²) in [5.41, 5.74) is 5.85. The molecule has 2 unspecified atom stereocenters.